The van der Waals surface area contributed by atoms with Gasteiger partial charge in [-0.1, -0.05) is 6.92 Å². The van der Waals surface area contributed by atoms with E-state index in [2.05, 4.69) is 0 Å². The van der Waals surface area contributed by atoms with Crippen molar-refractivity contribution < 1.29 is 14.3 Å². The van der Waals surface area contributed by atoms with Crippen LogP contribution in [0.15, 0.2) is 0 Å². The first-order valence-corrected chi connectivity index (χ1v) is 5.56. The second-order valence-corrected chi connectivity index (χ2v) is 4.08. The normalized spacial score (nSPS) is 20.8. The van der Waals surface area contributed by atoms with E-state index in [0.717, 1.165) is 12.8 Å². The van der Waals surface area contributed by atoms with E-state index in [4.69, 9.17) is 4.74 Å². The molecule has 0 aliphatic carbocycles. The minimum absolute atomic E-state index is 0.0400. The SMILES string of the molecule is CCC(=O)N1CCC[C@H]1C(=O)OC(C)C. The van der Waals surface area contributed by atoms with Crippen molar-refractivity contribution in [2.24, 2.45) is 0 Å². The van der Waals surface area contributed by atoms with Crippen LogP contribution < -0.4 is 0 Å². The van der Waals surface area contributed by atoms with Crippen molar-refractivity contribution in [3.63, 3.8) is 0 Å². The Kier molecular flexibility index (Phi) is 4.12. The van der Waals surface area contributed by atoms with Crippen LogP contribution in [0.5, 0.6) is 0 Å². The van der Waals surface area contributed by atoms with Crippen molar-refractivity contribution in [1.82, 2.24) is 4.90 Å². The molecule has 1 atom stereocenters. The van der Waals surface area contributed by atoms with Crippen LogP contribution >= 0.6 is 0 Å². The summed E-state index contributed by atoms with van der Waals surface area (Å²) in [4.78, 5) is 24.8. The van der Waals surface area contributed by atoms with Crippen LogP contribution in [0, 0.1) is 0 Å². The van der Waals surface area contributed by atoms with Crippen LogP contribution in [0.25, 0.3) is 0 Å². The highest BCUT2D eigenvalue weighted by Gasteiger charge is 2.34. The number of rotatable bonds is 3. The Labute approximate surface area is 90.6 Å². The molecule has 0 aromatic heterocycles. The Bertz CT molecular complexity index is 250. The van der Waals surface area contributed by atoms with Gasteiger partial charge in [-0.15, -0.1) is 0 Å². The predicted molar refractivity (Wildman–Crippen MR) is 56.3 cm³/mol. The maximum atomic E-state index is 11.7. The summed E-state index contributed by atoms with van der Waals surface area (Å²) in [5.41, 5.74) is 0. The Morgan fingerprint density at radius 3 is 2.67 bits per heavy atom. The zero-order chi connectivity index (χ0) is 11.4. The zero-order valence-electron chi connectivity index (χ0n) is 9.66. The smallest absolute Gasteiger partial charge is 0.329 e. The van der Waals surface area contributed by atoms with E-state index in [0.29, 0.717) is 13.0 Å². The van der Waals surface area contributed by atoms with Gasteiger partial charge in [-0.2, -0.15) is 0 Å². The lowest BCUT2D eigenvalue weighted by Gasteiger charge is -2.23. The van der Waals surface area contributed by atoms with Gasteiger partial charge in [-0.05, 0) is 26.7 Å². The second-order valence-electron chi connectivity index (χ2n) is 4.08. The molecule has 1 saturated heterocycles. The molecule has 1 amide bonds. The third kappa shape index (κ3) is 2.94. The molecule has 4 nitrogen and oxygen atoms in total. The molecule has 0 spiro atoms. The Hall–Kier alpha value is -1.06. The summed E-state index contributed by atoms with van der Waals surface area (Å²) >= 11 is 0. The van der Waals surface area contributed by atoms with Crippen LogP contribution in [0.3, 0.4) is 0 Å². The number of hydrogen-bond donors (Lipinski definition) is 0. The number of nitrogens with zero attached hydrogens (tertiary/aromatic N) is 1. The second kappa shape index (κ2) is 5.14. The number of carbonyl (C=O) groups excluding carboxylic acids is 2. The first kappa shape index (κ1) is 12.0. The van der Waals surface area contributed by atoms with Crippen LogP contribution in [-0.2, 0) is 14.3 Å². The quantitative estimate of drug-likeness (QED) is 0.665. The van der Waals surface area contributed by atoms with E-state index in [1.165, 1.54) is 0 Å². The Morgan fingerprint density at radius 1 is 1.47 bits per heavy atom. The molecular formula is C11H19NO3. The van der Waals surface area contributed by atoms with E-state index in [-0.39, 0.29) is 24.0 Å². The summed E-state index contributed by atoms with van der Waals surface area (Å²) in [6.07, 6.45) is 1.96. The van der Waals surface area contributed by atoms with Crippen molar-refractivity contribution in [3.05, 3.63) is 0 Å². The highest BCUT2D eigenvalue weighted by Crippen LogP contribution is 2.19. The molecular weight excluding hydrogens is 194 g/mol. The lowest BCUT2D eigenvalue weighted by atomic mass is 10.2. The largest absolute Gasteiger partial charge is 0.461 e. The summed E-state index contributed by atoms with van der Waals surface area (Å²) in [5, 5.41) is 0. The van der Waals surface area contributed by atoms with Crippen molar-refractivity contribution in [2.75, 3.05) is 6.54 Å². The predicted octanol–water partition coefficient (Wildman–Crippen LogP) is 1.34. The lowest BCUT2D eigenvalue weighted by Crippen LogP contribution is -2.41. The highest BCUT2D eigenvalue weighted by atomic mass is 16.5. The lowest BCUT2D eigenvalue weighted by molar-refractivity contribution is -0.156. The topological polar surface area (TPSA) is 46.6 Å². The standard InChI is InChI=1S/C11H19NO3/c1-4-10(13)12-7-5-6-9(12)11(14)15-8(2)3/h8-9H,4-7H2,1-3H3/t9-/m0/s1. The van der Waals surface area contributed by atoms with Crippen molar-refractivity contribution in [3.8, 4) is 0 Å². The molecule has 0 aromatic carbocycles. The minimum Gasteiger partial charge on any atom is -0.461 e. The average molecular weight is 213 g/mol. The molecule has 86 valence electrons. The molecule has 1 aliphatic rings. The number of carbonyl (C=O) groups is 2. The van der Waals surface area contributed by atoms with E-state index >= 15 is 0 Å². The van der Waals surface area contributed by atoms with Gasteiger partial charge in [0.05, 0.1) is 6.10 Å². The Morgan fingerprint density at radius 2 is 2.13 bits per heavy atom. The van der Waals surface area contributed by atoms with E-state index in [1.54, 1.807) is 4.90 Å². The molecule has 0 saturated carbocycles. The molecule has 0 unspecified atom stereocenters. The summed E-state index contributed by atoms with van der Waals surface area (Å²) < 4.78 is 5.13. The summed E-state index contributed by atoms with van der Waals surface area (Å²) in [6.45, 7) is 6.13. The monoisotopic (exact) mass is 213 g/mol. The molecule has 1 aliphatic heterocycles. The van der Waals surface area contributed by atoms with E-state index < -0.39 is 0 Å². The molecule has 1 fully saturated rings. The average Bonchev–Trinajstić information content (AvgIpc) is 2.63. The molecule has 0 radical (unpaired) electrons. The fraction of sp³-hybridized carbons (Fsp3) is 0.818. The fourth-order valence-electron chi connectivity index (χ4n) is 1.82. The first-order valence-electron chi connectivity index (χ1n) is 5.56. The molecule has 15 heavy (non-hydrogen) atoms. The van der Waals surface area contributed by atoms with Gasteiger partial charge in [-0.25, -0.2) is 4.79 Å². The van der Waals surface area contributed by atoms with Gasteiger partial charge >= 0.3 is 5.97 Å². The van der Waals surface area contributed by atoms with Gasteiger partial charge in [0.25, 0.3) is 0 Å². The molecule has 1 heterocycles. The van der Waals surface area contributed by atoms with Gasteiger partial charge in [0, 0.05) is 13.0 Å². The van der Waals surface area contributed by atoms with Crippen LogP contribution in [0.2, 0.25) is 0 Å². The van der Waals surface area contributed by atoms with Crippen molar-refractivity contribution in [2.45, 2.75) is 52.2 Å². The summed E-state index contributed by atoms with van der Waals surface area (Å²) in [5.74, 6) is -0.220. The maximum absolute atomic E-state index is 11.7. The van der Waals surface area contributed by atoms with Gasteiger partial charge < -0.3 is 9.64 Å². The van der Waals surface area contributed by atoms with Crippen molar-refractivity contribution >= 4 is 11.9 Å². The van der Waals surface area contributed by atoms with Gasteiger partial charge in [-0.3, -0.25) is 4.79 Å². The summed E-state index contributed by atoms with van der Waals surface area (Å²) in [6, 6.07) is -0.347. The number of hydrogen-bond acceptors (Lipinski definition) is 3. The third-order valence-electron chi connectivity index (χ3n) is 2.50. The number of esters is 1. The van der Waals surface area contributed by atoms with E-state index in [1.807, 2.05) is 20.8 Å². The fourth-order valence-corrected chi connectivity index (χ4v) is 1.82. The molecule has 4 heteroatoms. The maximum Gasteiger partial charge on any atom is 0.329 e. The number of amides is 1. The number of ether oxygens (including phenoxy) is 1. The molecule has 0 aromatic rings. The molecule has 0 N–H and O–H groups in total. The van der Waals surface area contributed by atoms with Crippen LogP contribution in [0.1, 0.15) is 40.0 Å². The first-order chi connectivity index (χ1) is 7.06. The third-order valence-corrected chi connectivity index (χ3v) is 2.50. The highest BCUT2D eigenvalue weighted by molar-refractivity contribution is 5.85. The minimum atomic E-state index is -0.347. The van der Waals surface area contributed by atoms with Gasteiger partial charge in [0.15, 0.2) is 0 Å². The Balaban J connectivity index is 2.60. The zero-order valence-corrected chi connectivity index (χ0v) is 9.66. The van der Waals surface area contributed by atoms with Crippen molar-refractivity contribution in [1.29, 1.82) is 0 Å². The van der Waals surface area contributed by atoms with Crippen LogP contribution in [0.4, 0.5) is 0 Å². The summed E-state index contributed by atoms with van der Waals surface area (Å²) in [7, 11) is 0. The number of likely N-dealkylation sites (tertiary alicyclic amines) is 1. The van der Waals surface area contributed by atoms with Crippen LogP contribution in [-0.4, -0.2) is 35.5 Å². The van der Waals surface area contributed by atoms with E-state index in [9.17, 15) is 9.59 Å². The van der Waals surface area contributed by atoms with Gasteiger partial charge in [0.2, 0.25) is 5.91 Å². The molecule has 0 bridgehead atoms. The van der Waals surface area contributed by atoms with Gasteiger partial charge in [0.1, 0.15) is 6.04 Å². The molecule has 1 rings (SSSR count).